The Morgan fingerprint density at radius 1 is 1.47 bits per heavy atom. The predicted molar refractivity (Wildman–Crippen MR) is 53.4 cm³/mol. The molecule has 1 aliphatic heterocycles. The molecule has 1 heterocycles. The smallest absolute Gasteiger partial charge is 0.312 e. The molecule has 0 aromatic rings. The molecule has 86 valence electrons. The molecule has 1 unspecified atom stereocenters. The molecule has 0 spiro atoms. The van der Waals surface area contributed by atoms with Gasteiger partial charge in [0.25, 0.3) is 0 Å². The number of nitrogens with one attached hydrogen (secondary N) is 1. The van der Waals surface area contributed by atoms with Crippen LogP contribution in [-0.2, 0) is 14.3 Å². The van der Waals surface area contributed by atoms with E-state index >= 15 is 0 Å². The van der Waals surface area contributed by atoms with E-state index in [1.54, 1.807) is 0 Å². The zero-order valence-corrected chi connectivity index (χ0v) is 8.86. The monoisotopic (exact) mass is 215 g/mol. The lowest BCUT2D eigenvalue weighted by Gasteiger charge is -2.28. The van der Waals surface area contributed by atoms with Crippen molar-refractivity contribution in [2.75, 3.05) is 13.2 Å². The van der Waals surface area contributed by atoms with Crippen molar-refractivity contribution in [3.63, 3.8) is 0 Å². The molecule has 1 amide bonds. The first kappa shape index (κ1) is 12.0. The molecule has 15 heavy (non-hydrogen) atoms. The number of aliphatic carboxylic acids is 1. The summed E-state index contributed by atoms with van der Waals surface area (Å²) in [5, 5.41) is 11.1. The van der Waals surface area contributed by atoms with Gasteiger partial charge >= 0.3 is 5.97 Å². The van der Waals surface area contributed by atoms with Crippen LogP contribution in [0.2, 0.25) is 0 Å². The summed E-state index contributed by atoms with van der Waals surface area (Å²) >= 11 is 0. The van der Waals surface area contributed by atoms with Gasteiger partial charge in [0.15, 0.2) is 0 Å². The fourth-order valence-electron chi connectivity index (χ4n) is 1.78. The zero-order valence-electron chi connectivity index (χ0n) is 8.86. The summed E-state index contributed by atoms with van der Waals surface area (Å²) in [6, 6.07) is 0.0285. The average Bonchev–Trinajstić information content (AvgIpc) is 2.17. The molecule has 2 N–H and O–H groups in total. The van der Waals surface area contributed by atoms with Gasteiger partial charge in [-0.1, -0.05) is 0 Å². The summed E-state index contributed by atoms with van der Waals surface area (Å²) in [5.41, 5.74) is 0. The number of hydrogen-bond acceptors (Lipinski definition) is 3. The highest BCUT2D eigenvalue weighted by Crippen LogP contribution is 2.18. The number of amides is 1. The highest BCUT2D eigenvalue weighted by molar-refractivity contribution is 5.93. The van der Waals surface area contributed by atoms with Crippen molar-refractivity contribution in [3.05, 3.63) is 0 Å². The number of carbonyl (C=O) groups is 2. The maximum Gasteiger partial charge on any atom is 0.312 e. The van der Waals surface area contributed by atoms with E-state index in [-0.39, 0.29) is 6.04 Å². The van der Waals surface area contributed by atoms with Crippen molar-refractivity contribution in [2.45, 2.75) is 32.2 Å². The standard InChI is InChI=1S/C10H17NO4/c1-7(8-2-4-15-5-3-8)11-9(12)6-10(13)14/h7-8H,2-6H2,1H3,(H,11,12)(H,13,14). The molecule has 0 radical (unpaired) electrons. The largest absolute Gasteiger partial charge is 0.481 e. The van der Waals surface area contributed by atoms with Gasteiger partial charge in [0.1, 0.15) is 6.42 Å². The van der Waals surface area contributed by atoms with Crippen LogP contribution >= 0.6 is 0 Å². The van der Waals surface area contributed by atoms with Crippen molar-refractivity contribution in [1.29, 1.82) is 0 Å². The summed E-state index contributed by atoms with van der Waals surface area (Å²) in [6.45, 7) is 3.36. The lowest BCUT2D eigenvalue weighted by atomic mass is 9.93. The van der Waals surface area contributed by atoms with Gasteiger partial charge in [-0.15, -0.1) is 0 Å². The number of carboxylic acids is 1. The molecule has 0 aromatic heterocycles. The van der Waals surface area contributed by atoms with Crippen LogP contribution in [0.4, 0.5) is 0 Å². The lowest BCUT2D eigenvalue weighted by Crippen LogP contribution is -2.40. The van der Waals surface area contributed by atoms with E-state index in [1.165, 1.54) is 0 Å². The van der Waals surface area contributed by atoms with Gasteiger partial charge in [0.05, 0.1) is 0 Å². The maximum absolute atomic E-state index is 11.2. The number of rotatable bonds is 4. The van der Waals surface area contributed by atoms with E-state index in [0.29, 0.717) is 5.92 Å². The highest BCUT2D eigenvalue weighted by atomic mass is 16.5. The molecular formula is C10H17NO4. The molecule has 0 aliphatic carbocycles. The van der Waals surface area contributed by atoms with Crippen LogP contribution in [0.1, 0.15) is 26.2 Å². The highest BCUT2D eigenvalue weighted by Gasteiger charge is 2.22. The van der Waals surface area contributed by atoms with E-state index in [9.17, 15) is 9.59 Å². The van der Waals surface area contributed by atoms with Gasteiger partial charge in [0.2, 0.25) is 5.91 Å². The van der Waals surface area contributed by atoms with Gasteiger partial charge in [0, 0.05) is 19.3 Å². The summed E-state index contributed by atoms with van der Waals surface area (Å²) < 4.78 is 5.21. The van der Waals surface area contributed by atoms with Crippen LogP contribution in [0.5, 0.6) is 0 Å². The summed E-state index contributed by atoms with van der Waals surface area (Å²) in [5.74, 6) is -1.11. The SMILES string of the molecule is CC(NC(=O)CC(=O)O)C1CCOCC1. The number of ether oxygens (including phenoxy) is 1. The Balaban J connectivity index is 2.30. The molecule has 1 aliphatic rings. The molecule has 1 atom stereocenters. The van der Waals surface area contributed by atoms with Crippen molar-refractivity contribution in [2.24, 2.45) is 5.92 Å². The molecular weight excluding hydrogens is 198 g/mol. The molecule has 0 saturated carbocycles. The van der Waals surface area contributed by atoms with E-state index in [1.807, 2.05) is 6.92 Å². The van der Waals surface area contributed by atoms with E-state index in [4.69, 9.17) is 9.84 Å². The third-order valence-electron chi connectivity index (χ3n) is 2.67. The van der Waals surface area contributed by atoms with Crippen LogP contribution in [0.25, 0.3) is 0 Å². The average molecular weight is 215 g/mol. The second-order valence-electron chi connectivity index (χ2n) is 3.88. The summed E-state index contributed by atoms with van der Waals surface area (Å²) in [7, 11) is 0. The zero-order chi connectivity index (χ0) is 11.3. The molecule has 1 fully saturated rings. The fourth-order valence-corrected chi connectivity index (χ4v) is 1.78. The molecule has 0 aromatic carbocycles. The topological polar surface area (TPSA) is 75.6 Å². The van der Waals surface area contributed by atoms with Crippen LogP contribution < -0.4 is 5.32 Å². The minimum atomic E-state index is -1.09. The van der Waals surface area contributed by atoms with Gasteiger partial charge in [-0.25, -0.2) is 0 Å². The van der Waals surface area contributed by atoms with E-state index in [0.717, 1.165) is 26.1 Å². The van der Waals surface area contributed by atoms with Crippen LogP contribution in [0.3, 0.4) is 0 Å². The van der Waals surface area contributed by atoms with Crippen molar-refractivity contribution in [1.82, 2.24) is 5.32 Å². The van der Waals surface area contributed by atoms with Crippen LogP contribution in [0, 0.1) is 5.92 Å². The Bertz CT molecular complexity index is 236. The first-order valence-corrected chi connectivity index (χ1v) is 5.18. The minimum absolute atomic E-state index is 0.0285. The maximum atomic E-state index is 11.2. The molecule has 1 saturated heterocycles. The number of carboxylic acid groups (broad SMARTS) is 1. The second kappa shape index (κ2) is 5.70. The Kier molecular flexibility index (Phi) is 4.55. The quantitative estimate of drug-likeness (QED) is 0.665. The van der Waals surface area contributed by atoms with Crippen molar-refractivity contribution < 1.29 is 19.4 Å². The summed E-state index contributed by atoms with van der Waals surface area (Å²) in [4.78, 5) is 21.5. The molecule has 5 heteroatoms. The lowest BCUT2D eigenvalue weighted by molar-refractivity contribution is -0.141. The Morgan fingerprint density at radius 3 is 2.60 bits per heavy atom. The number of hydrogen-bond donors (Lipinski definition) is 2. The van der Waals surface area contributed by atoms with Crippen LogP contribution in [-0.4, -0.2) is 36.2 Å². The first-order chi connectivity index (χ1) is 7.09. The third kappa shape index (κ3) is 4.29. The molecule has 0 bridgehead atoms. The third-order valence-corrected chi connectivity index (χ3v) is 2.67. The van der Waals surface area contributed by atoms with Gasteiger partial charge in [-0.2, -0.15) is 0 Å². The molecule has 5 nitrogen and oxygen atoms in total. The minimum Gasteiger partial charge on any atom is -0.481 e. The van der Waals surface area contributed by atoms with E-state index in [2.05, 4.69) is 5.32 Å². The second-order valence-corrected chi connectivity index (χ2v) is 3.88. The predicted octanol–water partition coefficient (Wildman–Crippen LogP) is 0.392. The van der Waals surface area contributed by atoms with E-state index < -0.39 is 18.3 Å². The summed E-state index contributed by atoms with van der Waals surface area (Å²) in [6.07, 6.45) is 1.40. The van der Waals surface area contributed by atoms with Crippen molar-refractivity contribution in [3.8, 4) is 0 Å². The van der Waals surface area contributed by atoms with Crippen molar-refractivity contribution >= 4 is 11.9 Å². The van der Waals surface area contributed by atoms with Crippen LogP contribution in [0.15, 0.2) is 0 Å². The Hall–Kier alpha value is -1.10. The normalized spacial score (nSPS) is 19.5. The van der Waals surface area contributed by atoms with Gasteiger partial charge < -0.3 is 15.2 Å². The van der Waals surface area contributed by atoms with Gasteiger partial charge in [-0.05, 0) is 25.7 Å². The fraction of sp³-hybridized carbons (Fsp3) is 0.800. The first-order valence-electron chi connectivity index (χ1n) is 5.18. The number of carbonyl (C=O) groups excluding carboxylic acids is 1. The Labute approximate surface area is 88.8 Å². The van der Waals surface area contributed by atoms with Gasteiger partial charge in [-0.3, -0.25) is 9.59 Å². The molecule has 1 rings (SSSR count). The Morgan fingerprint density at radius 2 is 2.07 bits per heavy atom.